The molecule has 2 aliphatic rings. The number of anilines is 1. The van der Waals surface area contributed by atoms with E-state index >= 15 is 0 Å². The van der Waals surface area contributed by atoms with E-state index in [1.807, 2.05) is 30.3 Å². The second kappa shape index (κ2) is 5.27. The third-order valence-electron chi connectivity index (χ3n) is 4.38. The predicted octanol–water partition coefficient (Wildman–Crippen LogP) is 2.54. The third kappa shape index (κ3) is 2.55. The van der Waals surface area contributed by atoms with Crippen LogP contribution in [-0.2, 0) is 9.59 Å². The molecule has 0 spiro atoms. The van der Waals surface area contributed by atoms with Crippen LogP contribution in [0.15, 0.2) is 30.3 Å². The van der Waals surface area contributed by atoms with Crippen LogP contribution in [0.1, 0.15) is 25.7 Å². The van der Waals surface area contributed by atoms with E-state index in [2.05, 4.69) is 0 Å². The molecular formula is C16H19NO3. The number of hydrogen-bond acceptors (Lipinski definition) is 2. The molecule has 1 aromatic carbocycles. The Morgan fingerprint density at radius 2 is 1.70 bits per heavy atom. The standard InChI is InChI=1S/C16H19NO3/c18-15(13-8-9-14(13)16(19)20)17(10-11-6-7-11)12-4-2-1-3-5-12/h1-5,11,13-14H,6-10H2,(H,19,20). The molecule has 106 valence electrons. The summed E-state index contributed by atoms with van der Waals surface area (Å²) in [5, 5.41) is 9.13. The second-order valence-electron chi connectivity index (χ2n) is 5.86. The van der Waals surface area contributed by atoms with Crippen LogP contribution in [0.25, 0.3) is 0 Å². The summed E-state index contributed by atoms with van der Waals surface area (Å²) in [4.78, 5) is 25.6. The molecule has 2 atom stereocenters. The van der Waals surface area contributed by atoms with Crippen molar-refractivity contribution in [2.24, 2.45) is 17.8 Å². The first-order valence-electron chi connectivity index (χ1n) is 7.26. The van der Waals surface area contributed by atoms with Crippen molar-refractivity contribution in [2.45, 2.75) is 25.7 Å². The van der Waals surface area contributed by atoms with E-state index in [0.29, 0.717) is 18.8 Å². The number of para-hydroxylation sites is 1. The Labute approximate surface area is 118 Å². The quantitative estimate of drug-likeness (QED) is 0.897. The molecule has 2 aliphatic carbocycles. The van der Waals surface area contributed by atoms with E-state index in [1.54, 1.807) is 4.90 Å². The average Bonchev–Trinajstić information content (AvgIpc) is 3.18. The first-order chi connectivity index (χ1) is 9.66. The van der Waals surface area contributed by atoms with Crippen molar-refractivity contribution in [3.05, 3.63) is 30.3 Å². The summed E-state index contributed by atoms with van der Waals surface area (Å²) in [6.07, 6.45) is 3.66. The summed E-state index contributed by atoms with van der Waals surface area (Å²) >= 11 is 0. The molecule has 1 amide bonds. The van der Waals surface area contributed by atoms with Gasteiger partial charge in [-0.05, 0) is 43.7 Å². The maximum Gasteiger partial charge on any atom is 0.307 e. The van der Waals surface area contributed by atoms with Crippen LogP contribution in [0.4, 0.5) is 5.69 Å². The zero-order valence-electron chi connectivity index (χ0n) is 11.4. The summed E-state index contributed by atoms with van der Waals surface area (Å²) < 4.78 is 0. The zero-order valence-corrected chi connectivity index (χ0v) is 11.4. The van der Waals surface area contributed by atoms with Gasteiger partial charge in [0.05, 0.1) is 11.8 Å². The number of hydrogen-bond donors (Lipinski definition) is 1. The average molecular weight is 273 g/mol. The van der Waals surface area contributed by atoms with Crippen LogP contribution in [0, 0.1) is 17.8 Å². The van der Waals surface area contributed by atoms with Gasteiger partial charge in [-0.25, -0.2) is 0 Å². The van der Waals surface area contributed by atoms with Crippen molar-refractivity contribution in [2.75, 3.05) is 11.4 Å². The number of amides is 1. The summed E-state index contributed by atoms with van der Waals surface area (Å²) in [6, 6.07) is 9.60. The lowest BCUT2D eigenvalue weighted by molar-refractivity contribution is -0.152. The summed E-state index contributed by atoms with van der Waals surface area (Å²) in [6.45, 7) is 0.728. The SMILES string of the molecule is O=C(O)C1CCC1C(=O)N(CC1CC1)c1ccccc1. The van der Waals surface area contributed by atoms with Crippen LogP contribution in [-0.4, -0.2) is 23.5 Å². The highest BCUT2D eigenvalue weighted by atomic mass is 16.4. The predicted molar refractivity (Wildman–Crippen MR) is 75.4 cm³/mol. The molecule has 2 fully saturated rings. The van der Waals surface area contributed by atoms with Crippen molar-refractivity contribution in [3.63, 3.8) is 0 Å². The number of carbonyl (C=O) groups excluding carboxylic acids is 1. The Kier molecular flexibility index (Phi) is 3.47. The van der Waals surface area contributed by atoms with Crippen molar-refractivity contribution >= 4 is 17.6 Å². The van der Waals surface area contributed by atoms with Crippen molar-refractivity contribution in [1.82, 2.24) is 0 Å². The van der Waals surface area contributed by atoms with E-state index < -0.39 is 11.9 Å². The fourth-order valence-electron chi connectivity index (χ4n) is 2.78. The minimum absolute atomic E-state index is 0.0123. The van der Waals surface area contributed by atoms with Gasteiger partial charge < -0.3 is 10.0 Å². The normalized spacial score (nSPS) is 24.8. The van der Waals surface area contributed by atoms with Crippen LogP contribution in [0.5, 0.6) is 0 Å². The van der Waals surface area contributed by atoms with Crippen LogP contribution in [0.3, 0.4) is 0 Å². The molecule has 0 bridgehead atoms. The highest BCUT2D eigenvalue weighted by Gasteiger charge is 2.44. The van der Waals surface area contributed by atoms with E-state index in [0.717, 1.165) is 12.2 Å². The van der Waals surface area contributed by atoms with Crippen molar-refractivity contribution < 1.29 is 14.7 Å². The largest absolute Gasteiger partial charge is 0.481 e. The van der Waals surface area contributed by atoms with E-state index in [1.165, 1.54) is 12.8 Å². The van der Waals surface area contributed by atoms with Gasteiger partial charge in [0.2, 0.25) is 5.91 Å². The molecule has 20 heavy (non-hydrogen) atoms. The topological polar surface area (TPSA) is 57.6 Å². The summed E-state index contributed by atoms with van der Waals surface area (Å²) in [5.74, 6) is -1.10. The van der Waals surface area contributed by atoms with Gasteiger partial charge in [0.25, 0.3) is 0 Å². The maximum absolute atomic E-state index is 12.7. The van der Waals surface area contributed by atoms with Crippen LogP contribution >= 0.6 is 0 Å². The Bertz CT molecular complexity index is 510. The number of nitrogens with zero attached hydrogens (tertiary/aromatic N) is 1. The highest BCUT2D eigenvalue weighted by molar-refractivity contribution is 5.98. The number of carboxylic acid groups (broad SMARTS) is 1. The Balaban J connectivity index is 1.78. The summed E-state index contributed by atoms with van der Waals surface area (Å²) in [7, 11) is 0. The van der Waals surface area contributed by atoms with E-state index in [4.69, 9.17) is 5.11 Å². The molecule has 0 radical (unpaired) electrons. The lowest BCUT2D eigenvalue weighted by Gasteiger charge is -2.36. The van der Waals surface area contributed by atoms with E-state index in [9.17, 15) is 9.59 Å². The Morgan fingerprint density at radius 3 is 2.20 bits per heavy atom. The van der Waals surface area contributed by atoms with Crippen LogP contribution in [0.2, 0.25) is 0 Å². The molecule has 4 heteroatoms. The molecule has 1 N–H and O–H groups in total. The van der Waals surface area contributed by atoms with Gasteiger partial charge in [0.15, 0.2) is 0 Å². The van der Waals surface area contributed by atoms with Crippen molar-refractivity contribution in [1.29, 1.82) is 0 Å². The smallest absolute Gasteiger partial charge is 0.307 e. The van der Waals surface area contributed by atoms with Gasteiger partial charge in [0, 0.05) is 12.2 Å². The first kappa shape index (κ1) is 13.2. The second-order valence-corrected chi connectivity index (χ2v) is 5.86. The molecule has 2 saturated carbocycles. The fourth-order valence-corrected chi connectivity index (χ4v) is 2.78. The molecule has 2 unspecified atom stereocenters. The molecule has 4 nitrogen and oxygen atoms in total. The summed E-state index contributed by atoms with van der Waals surface area (Å²) in [5.41, 5.74) is 0.889. The number of benzene rings is 1. The van der Waals surface area contributed by atoms with E-state index in [-0.39, 0.29) is 11.8 Å². The van der Waals surface area contributed by atoms with Gasteiger partial charge in [0.1, 0.15) is 0 Å². The molecular weight excluding hydrogens is 254 g/mol. The zero-order chi connectivity index (χ0) is 14.1. The Morgan fingerprint density at radius 1 is 1.05 bits per heavy atom. The van der Waals surface area contributed by atoms with Gasteiger partial charge in [-0.1, -0.05) is 18.2 Å². The first-order valence-corrected chi connectivity index (χ1v) is 7.26. The lowest BCUT2D eigenvalue weighted by Crippen LogP contribution is -2.47. The maximum atomic E-state index is 12.7. The molecule has 0 aliphatic heterocycles. The molecule has 3 rings (SSSR count). The van der Waals surface area contributed by atoms with Crippen LogP contribution < -0.4 is 4.90 Å². The number of aliphatic carboxylic acids is 1. The van der Waals surface area contributed by atoms with Gasteiger partial charge in [-0.3, -0.25) is 9.59 Å². The third-order valence-corrected chi connectivity index (χ3v) is 4.38. The molecule has 0 saturated heterocycles. The van der Waals surface area contributed by atoms with Crippen molar-refractivity contribution in [3.8, 4) is 0 Å². The fraction of sp³-hybridized carbons (Fsp3) is 0.500. The van der Waals surface area contributed by atoms with Gasteiger partial charge in [-0.15, -0.1) is 0 Å². The lowest BCUT2D eigenvalue weighted by atomic mass is 9.73. The number of carboxylic acids is 1. The Hall–Kier alpha value is -1.84. The minimum atomic E-state index is -0.839. The van der Waals surface area contributed by atoms with Gasteiger partial charge in [-0.2, -0.15) is 0 Å². The van der Waals surface area contributed by atoms with Gasteiger partial charge >= 0.3 is 5.97 Å². The highest BCUT2D eigenvalue weighted by Crippen LogP contribution is 2.38. The molecule has 0 aromatic heterocycles. The number of rotatable bonds is 5. The monoisotopic (exact) mass is 273 g/mol. The molecule has 1 aromatic rings. The number of carbonyl (C=O) groups is 2. The molecule has 0 heterocycles. The minimum Gasteiger partial charge on any atom is -0.481 e.